The summed E-state index contributed by atoms with van der Waals surface area (Å²) in [6, 6.07) is 2.54. The molecule has 0 amide bonds. The van der Waals surface area contributed by atoms with Crippen molar-refractivity contribution in [2.24, 2.45) is 0 Å². The molecule has 2 heterocycles. The lowest BCUT2D eigenvalue weighted by Gasteiger charge is -2.26. The van der Waals surface area contributed by atoms with Crippen molar-refractivity contribution in [1.29, 1.82) is 0 Å². The summed E-state index contributed by atoms with van der Waals surface area (Å²) in [6.45, 7) is 3.49. The standard InChI is InChI=1S/C13H24N2O2S/c1-10-8-12(9-15(10)13-2-3-13)14-11-4-6-18(16,17)7-5-11/h10-14H,2-9H2,1H3. The van der Waals surface area contributed by atoms with Crippen LogP contribution in [0.3, 0.4) is 0 Å². The summed E-state index contributed by atoms with van der Waals surface area (Å²) < 4.78 is 22.8. The van der Waals surface area contributed by atoms with Crippen molar-refractivity contribution in [3.63, 3.8) is 0 Å². The SMILES string of the molecule is CC1CC(NC2CCS(=O)(=O)CC2)CN1C1CC1. The fourth-order valence-electron chi connectivity index (χ4n) is 3.48. The van der Waals surface area contributed by atoms with E-state index < -0.39 is 9.84 Å². The lowest BCUT2D eigenvalue weighted by Crippen LogP contribution is -2.44. The van der Waals surface area contributed by atoms with Crippen LogP contribution in [0.1, 0.15) is 39.0 Å². The van der Waals surface area contributed by atoms with Gasteiger partial charge in [-0.2, -0.15) is 0 Å². The number of nitrogens with zero attached hydrogens (tertiary/aromatic N) is 1. The van der Waals surface area contributed by atoms with Gasteiger partial charge in [0.05, 0.1) is 11.5 Å². The lowest BCUT2D eigenvalue weighted by molar-refractivity contribution is 0.253. The third-order valence-electron chi connectivity index (χ3n) is 4.66. The van der Waals surface area contributed by atoms with Crippen LogP contribution in [0.5, 0.6) is 0 Å². The number of hydrogen-bond donors (Lipinski definition) is 1. The van der Waals surface area contributed by atoms with Crippen molar-refractivity contribution >= 4 is 9.84 Å². The molecule has 0 aromatic rings. The third kappa shape index (κ3) is 2.89. The summed E-state index contributed by atoms with van der Waals surface area (Å²) in [5.74, 6) is 0.749. The lowest BCUT2D eigenvalue weighted by atomic mass is 10.1. The first-order valence-corrected chi connectivity index (χ1v) is 9.08. The molecular formula is C13H24N2O2S. The van der Waals surface area contributed by atoms with E-state index in [1.165, 1.54) is 19.3 Å². The van der Waals surface area contributed by atoms with Gasteiger partial charge in [0.2, 0.25) is 0 Å². The van der Waals surface area contributed by atoms with Gasteiger partial charge in [0.15, 0.2) is 0 Å². The van der Waals surface area contributed by atoms with Crippen LogP contribution >= 0.6 is 0 Å². The third-order valence-corrected chi connectivity index (χ3v) is 6.38. The molecule has 18 heavy (non-hydrogen) atoms. The molecule has 1 saturated carbocycles. The van der Waals surface area contributed by atoms with Crippen molar-refractivity contribution in [2.45, 2.75) is 63.2 Å². The topological polar surface area (TPSA) is 49.4 Å². The fourth-order valence-corrected chi connectivity index (χ4v) is 4.97. The maximum absolute atomic E-state index is 11.4. The summed E-state index contributed by atoms with van der Waals surface area (Å²) in [6.07, 6.45) is 5.57. The minimum absolute atomic E-state index is 0.374. The smallest absolute Gasteiger partial charge is 0.150 e. The van der Waals surface area contributed by atoms with Crippen molar-refractivity contribution in [3.05, 3.63) is 0 Å². The Kier molecular flexibility index (Phi) is 3.41. The van der Waals surface area contributed by atoms with E-state index in [9.17, 15) is 8.42 Å². The van der Waals surface area contributed by atoms with Gasteiger partial charge in [-0.05, 0) is 39.0 Å². The van der Waals surface area contributed by atoms with Crippen LogP contribution in [0, 0.1) is 0 Å². The van der Waals surface area contributed by atoms with Crippen LogP contribution < -0.4 is 5.32 Å². The van der Waals surface area contributed by atoms with Gasteiger partial charge in [0.25, 0.3) is 0 Å². The minimum atomic E-state index is -2.72. The van der Waals surface area contributed by atoms with E-state index in [0.29, 0.717) is 29.6 Å². The molecule has 1 aliphatic carbocycles. The number of nitrogens with one attached hydrogen (secondary N) is 1. The molecule has 104 valence electrons. The van der Waals surface area contributed by atoms with Crippen molar-refractivity contribution in [2.75, 3.05) is 18.1 Å². The average Bonchev–Trinajstić information content (AvgIpc) is 3.07. The molecule has 1 N–H and O–H groups in total. The Morgan fingerprint density at radius 2 is 1.72 bits per heavy atom. The predicted octanol–water partition coefficient (Wildman–Crippen LogP) is 0.778. The molecule has 2 saturated heterocycles. The second-order valence-electron chi connectivity index (χ2n) is 6.30. The van der Waals surface area contributed by atoms with E-state index in [4.69, 9.17) is 0 Å². The largest absolute Gasteiger partial charge is 0.310 e. The van der Waals surface area contributed by atoms with Crippen LogP contribution in [0.25, 0.3) is 0 Å². The number of rotatable bonds is 3. The molecule has 0 aromatic heterocycles. The summed E-state index contributed by atoms with van der Waals surface area (Å²) in [7, 11) is -2.72. The molecule has 0 radical (unpaired) electrons. The van der Waals surface area contributed by atoms with Crippen LogP contribution in [0.15, 0.2) is 0 Å². The van der Waals surface area contributed by atoms with Crippen molar-refractivity contribution in [1.82, 2.24) is 10.2 Å². The zero-order chi connectivity index (χ0) is 12.8. The molecule has 2 aliphatic heterocycles. The molecule has 3 aliphatic rings. The molecule has 3 rings (SSSR count). The second kappa shape index (κ2) is 4.76. The van der Waals surface area contributed by atoms with Crippen LogP contribution in [-0.2, 0) is 9.84 Å². The average molecular weight is 272 g/mol. The fraction of sp³-hybridized carbons (Fsp3) is 1.00. The van der Waals surface area contributed by atoms with Gasteiger partial charge in [-0.1, -0.05) is 0 Å². The van der Waals surface area contributed by atoms with Gasteiger partial charge in [0.1, 0.15) is 9.84 Å². The van der Waals surface area contributed by atoms with E-state index in [1.807, 2.05) is 0 Å². The van der Waals surface area contributed by atoms with Crippen LogP contribution in [0.4, 0.5) is 0 Å². The van der Waals surface area contributed by atoms with E-state index in [2.05, 4.69) is 17.1 Å². The molecular weight excluding hydrogens is 248 g/mol. The molecule has 0 aromatic carbocycles. The van der Waals surface area contributed by atoms with E-state index in [0.717, 1.165) is 25.4 Å². The van der Waals surface area contributed by atoms with Crippen molar-refractivity contribution in [3.8, 4) is 0 Å². The van der Waals surface area contributed by atoms with Gasteiger partial charge in [-0.15, -0.1) is 0 Å². The predicted molar refractivity (Wildman–Crippen MR) is 72.4 cm³/mol. The van der Waals surface area contributed by atoms with Gasteiger partial charge in [-0.3, -0.25) is 4.90 Å². The van der Waals surface area contributed by atoms with Gasteiger partial charge >= 0.3 is 0 Å². The van der Waals surface area contributed by atoms with E-state index >= 15 is 0 Å². The Balaban J connectivity index is 1.49. The van der Waals surface area contributed by atoms with E-state index in [-0.39, 0.29) is 0 Å². The van der Waals surface area contributed by atoms with Gasteiger partial charge in [-0.25, -0.2) is 8.42 Å². The summed E-state index contributed by atoms with van der Waals surface area (Å²) in [5.41, 5.74) is 0. The minimum Gasteiger partial charge on any atom is -0.310 e. The molecule has 2 atom stereocenters. The maximum Gasteiger partial charge on any atom is 0.150 e. The Hall–Kier alpha value is -0.130. The first-order valence-electron chi connectivity index (χ1n) is 7.26. The van der Waals surface area contributed by atoms with Gasteiger partial charge < -0.3 is 5.32 Å². The molecule has 0 bridgehead atoms. The Morgan fingerprint density at radius 1 is 1.06 bits per heavy atom. The monoisotopic (exact) mass is 272 g/mol. The molecule has 4 nitrogen and oxygen atoms in total. The first kappa shape index (κ1) is 12.9. The highest BCUT2D eigenvalue weighted by Gasteiger charge is 2.39. The quantitative estimate of drug-likeness (QED) is 0.825. The molecule has 0 spiro atoms. The van der Waals surface area contributed by atoms with E-state index in [1.54, 1.807) is 0 Å². The summed E-state index contributed by atoms with van der Waals surface area (Å²) >= 11 is 0. The number of likely N-dealkylation sites (tertiary alicyclic amines) is 1. The Bertz CT molecular complexity index is 391. The molecule has 2 unspecified atom stereocenters. The highest BCUT2D eigenvalue weighted by molar-refractivity contribution is 7.91. The second-order valence-corrected chi connectivity index (χ2v) is 8.61. The highest BCUT2D eigenvalue weighted by Crippen LogP contribution is 2.33. The van der Waals surface area contributed by atoms with Crippen molar-refractivity contribution < 1.29 is 8.42 Å². The number of hydrogen-bond acceptors (Lipinski definition) is 4. The first-order chi connectivity index (χ1) is 8.53. The number of sulfone groups is 1. The molecule has 5 heteroatoms. The maximum atomic E-state index is 11.4. The zero-order valence-electron chi connectivity index (χ0n) is 11.1. The normalized spacial score (nSPS) is 38.1. The Labute approximate surface area is 110 Å². The molecule has 3 fully saturated rings. The van der Waals surface area contributed by atoms with Crippen LogP contribution in [0.2, 0.25) is 0 Å². The summed E-state index contributed by atoms with van der Waals surface area (Å²) in [4.78, 5) is 2.64. The highest BCUT2D eigenvalue weighted by atomic mass is 32.2. The van der Waals surface area contributed by atoms with Crippen LogP contribution in [-0.4, -0.2) is 55.5 Å². The summed E-state index contributed by atoms with van der Waals surface area (Å²) in [5, 5.41) is 3.69. The Morgan fingerprint density at radius 3 is 2.33 bits per heavy atom. The zero-order valence-corrected chi connectivity index (χ0v) is 12.0. The van der Waals surface area contributed by atoms with Gasteiger partial charge in [0, 0.05) is 30.7 Å².